The number of furan rings is 1. The highest BCUT2D eigenvalue weighted by Crippen LogP contribution is 2.22. The third-order valence-corrected chi connectivity index (χ3v) is 6.85. The normalized spacial score (nSPS) is 15.1. The van der Waals surface area contributed by atoms with E-state index in [0.29, 0.717) is 44.2 Å². The molecule has 1 fully saturated rings. The van der Waals surface area contributed by atoms with Gasteiger partial charge in [0.2, 0.25) is 0 Å². The summed E-state index contributed by atoms with van der Waals surface area (Å²) < 4.78 is 21.7. The molecule has 36 heavy (non-hydrogen) atoms. The van der Waals surface area contributed by atoms with Crippen molar-refractivity contribution in [3.8, 4) is 5.75 Å². The summed E-state index contributed by atoms with van der Waals surface area (Å²) in [4.78, 5) is 26.9. The van der Waals surface area contributed by atoms with Gasteiger partial charge in [0.1, 0.15) is 18.9 Å². The van der Waals surface area contributed by atoms with Crippen molar-refractivity contribution in [1.82, 2.24) is 4.90 Å². The molecule has 7 nitrogen and oxygen atoms in total. The molecule has 1 aromatic rings. The number of hydrogen-bond acceptors (Lipinski definition) is 7. The number of carbonyl (C=O) groups excluding carboxylic acids is 2. The Kier molecular flexibility index (Phi) is 16.3. The van der Waals surface area contributed by atoms with Crippen LogP contribution in [0, 0.1) is 0 Å². The predicted molar refractivity (Wildman–Crippen MR) is 141 cm³/mol. The molecule has 0 radical (unpaired) electrons. The number of ketones is 1. The van der Waals surface area contributed by atoms with E-state index in [4.69, 9.17) is 18.6 Å². The standard InChI is InChI=1S/C29H49NO6/c1-3-4-5-6-7-8-9-10-11-12-13-14-15-16-19-35-28-24-34-23-26(28)27(31)22-29(32)36-25(2)30-17-20-33-21-18-30/h23-25H,3-22H2,1-2H3. The number of carbonyl (C=O) groups is 2. The molecule has 0 bridgehead atoms. The van der Waals surface area contributed by atoms with E-state index in [1.165, 1.54) is 89.6 Å². The number of Topliss-reactive ketones (excluding diaryl/α,β-unsaturated/α-hetero) is 1. The Morgan fingerprint density at radius 1 is 0.861 bits per heavy atom. The van der Waals surface area contributed by atoms with Crippen LogP contribution in [0.25, 0.3) is 0 Å². The van der Waals surface area contributed by atoms with Gasteiger partial charge in [-0.2, -0.15) is 0 Å². The summed E-state index contributed by atoms with van der Waals surface area (Å²) in [7, 11) is 0. The largest absolute Gasteiger partial charge is 0.489 e. The first-order chi connectivity index (χ1) is 17.6. The number of unbranched alkanes of at least 4 members (excludes halogenated alkanes) is 13. The summed E-state index contributed by atoms with van der Waals surface area (Å²) >= 11 is 0. The summed E-state index contributed by atoms with van der Waals surface area (Å²) in [5.74, 6) is -0.485. The fraction of sp³-hybridized carbons (Fsp3) is 0.793. The van der Waals surface area contributed by atoms with Crippen LogP contribution >= 0.6 is 0 Å². The van der Waals surface area contributed by atoms with Crippen molar-refractivity contribution in [3.05, 3.63) is 18.1 Å². The summed E-state index contributed by atoms with van der Waals surface area (Å²) in [6.45, 7) is 7.28. The lowest BCUT2D eigenvalue weighted by Gasteiger charge is -2.31. The predicted octanol–water partition coefficient (Wildman–Crippen LogP) is 6.93. The quantitative estimate of drug-likeness (QED) is 0.0772. The van der Waals surface area contributed by atoms with Gasteiger partial charge in [0, 0.05) is 13.1 Å². The van der Waals surface area contributed by atoms with Crippen LogP contribution in [-0.4, -0.2) is 55.8 Å². The van der Waals surface area contributed by atoms with Gasteiger partial charge in [-0.05, 0) is 13.3 Å². The maximum atomic E-state index is 12.6. The van der Waals surface area contributed by atoms with Crippen molar-refractivity contribution in [2.75, 3.05) is 32.9 Å². The van der Waals surface area contributed by atoms with Crippen LogP contribution in [0.2, 0.25) is 0 Å². The van der Waals surface area contributed by atoms with Crippen molar-refractivity contribution in [2.24, 2.45) is 0 Å². The summed E-state index contributed by atoms with van der Waals surface area (Å²) in [6.07, 6.45) is 20.4. The number of rotatable bonds is 21. The Bertz CT molecular complexity index is 712. The first kappa shape index (κ1) is 30.4. The SMILES string of the molecule is CCCCCCCCCCCCCCCCOc1cocc1C(=O)CC(=O)OC(C)N1CCOCC1. The number of hydrogen-bond donors (Lipinski definition) is 0. The number of ether oxygens (including phenoxy) is 3. The van der Waals surface area contributed by atoms with Crippen molar-refractivity contribution >= 4 is 11.8 Å². The lowest BCUT2D eigenvalue weighted by molar-refractivity contribution is -0.160. The molecule has 2 heterocycles. The molecule has 1 unspecified atom stereocenters. The second-order valence-corrected chi connectivity index (χ2v) is 9.93. The number of morpholine rings is 1. The second kappa shape index (κ2) is 19.3. The van der Waals surface area contributed by atoms with Gasteiger partial charge in [0.05, 0.1) is 25.4 Å². The molecule has 1 aromatic heterocycles. The molecule has 0 aliphatic carbocycles. The van der Waals surface area contributed by atoms with Crippen molar-refractivity contribution < 1.29 is 28.2 Å². The van der Waals surface area contributed by atoms with Crippen LogP contribution in [0.1, 0.15) is 121 Å². The van der Waals surface area contributed by atoms with Crippen LogP contribution in [0.4, 0.5) is 0 Å². The smallest absolute Gasteiger partial charge is 0.315 e. The first-order valence-electron chi connectivity index (χ1n) is 14.3. The molecule has 1 atom stereocenters. The van der Waals surface area contributed by atoms with Crippen LogP contribution in [0.5, 0.6) is 5.75 Å². The monoisotopic (exact) mass is 507 g/mol. The lowest BCUT2D eigenvalue weighted by Crippen LogP contribution is -2.44. The topological polar surface area (TPSA) is 78.2 Å². The Labute approximate surface area is 218 Å². The van der Waals surface area contributed by atoms with E-state index >= 15 is 0 Å². The van der Waals surface area contributed by atoms with Crippen molar-refractivity contribution in [2.45, 2.75) is 116 Å². The van der Waals surface area contributed by atoms with Crippen molar-refractivity contribution in [3.63, 3.8) is 0 Å². The minimum Gasteiger partial charge on any atom is -0.489 e. The van der Waals surface area contributed by atoms with Gasteiger partial charge in [0.25, 0.3) is 0 Å². The highest BCUT2D eigenvalue weighted by atomic mass is 16.6. The first-order valence-corrected chi connectivity index (χ1v) is 14.3. The van der Waals surface area contributed by atoms with Crippen LogP contribution in [0.15, 0.2) is 16.9 Å². The zero-order chi connectivity index (χ0) is 25.8. The molecule has 0 spiro atoms. The van der Waals surface area contributed by atoms with E-state index in [2.05, 4.69) is 6.92 Å². The number of esters is 1. The summed E-state index contributed by atoms with van der Waals surface area (Å²) in [6, 6.07) is 0. The van der Waals surface area contributed by atoms with Crippen LogP contribution in [-0.2, 0) is 14.3 Å². The van der Waals surface area contributed by atoms with Gasteiger partial charge in [0.15, 0.2) is 17.8 Å². The fourth-order valence-corrected chi connectivity index (χ4v) is 4.55. The zero-order valence-corrected chi connectivity index (χ0v) is 22.8. The van der Waals surface area contributed by atoms with E-state index in [9.17, 15) is 9.59 Å². The molecular weight excluding hydrogens is 458 g/mol. The maximum absolute atomic E-state index is 12.6. The molecule has 0 amide bonds. The van der Waals surface area contributed by atoms with Crippen LogP contribution < -0.4 is 4.74 Å². The Morgan fingerprint density at radius 3 is 2.00 bits per heavy atom. The molecule has 0 aromatic carbocycles. The van der Waals surface area contributed by atoms with E-state index in [1.54, 1.807) is 0 Å². The van der Waals surface area contributed by atoms with Gasteiger partial charge in [-0.25, -0.2) is 0 Å². The minimum absolute atomic E-state index is 0.302. The third-order valence-electron chi connectivity index (χ3n) is 6.85. The van der Waals surface area contributed by atoms with Gasteiger partial charge in [-0.3, -0.25) is 14.5 Å². The molecule has 0 saturated carbocycles. The van der Waals surface area contributed by atoms with E-state index in [1.807, 2.05) is 11.8 Å². The third kappa shape index (κ3) is 12.9. The van der Waals surface area contributed by atoms with Crippen molar-refractivity contribution in [1.29, 1.82) is 0 Å². The Hall–Kier alpha value is -1.86. The molecule has 206 valence electrons. The van der Waals surface area contributed by atoms with E-state index in [-0.39, 0.29) is 18.4 Å². The average molecular weight is 508 g/mol. The van der Waals surface area contributed by atoms with E-state index < -0.39 is 5.97 Å². The second-order valence-electron chi connectivity index (χ2n) is 9.93. The molecule has 0 N–H and O–H groups in total. The highest BCUT2D eigenvalue weighted by Gasteiger charge is 2.24. The molecule has 7 heteroatoms. The highest BCUT2D eigenvalue weighted by molar-refractivity contribution is 6.07. The minimum atomic E-state index is -0.543. The van der Waals surface area contributed by atoms with Gasteiger partial charge in [-0.1, -0.05) is 90.4 Å². The van der Waals surface area contributed by atoms with Gasteiger partial charge in [-0.15, -0.1) is 0 Å². The lowest BCUT2D eigenvalue weighted by atomic mass is 10.0. The van der Waals surface area contributed by atoms with Gasteiger partial charge >= 0.3 is 5.97 Å². The Morgan fingerprint density at radius 2 is 1.42 bits per heavy atom. The zero-order valence-electron chi connectivity index (χ0n) is 22.8. The molecule has 1 aliphatic rings. The molecule has 1 aliphatic heterocycles. The molecule has 2 rings (SSSR count). The average Bonchev–Trinajstić information content (AvgIpc) is 3.35. The number of nitrogens with zero attached hydrogens (tertiary/aromatic N) is 1. The summed E-state index contributed by atoms with van der Waals surface area (Å²) in [5, 5.41) is 0. The van der Waals surface area contributed by atoms with Gasteiger partial charge < -0.3 is 18.6 Å². The maximum Gasteiger partial charge on any atom is 0.315 e. The molecular formula is C29H49NO6. The Balaban J connectivity index is 1.49. The fourth-order valence-electron chi connectivity index (χ4n) is 4.55. The molecule has 1 saturated heterocycles. The summed E-state index contributed by atoms with van der Waals surface area (Å²) in [5.41, 5.74) is 0.302. The van der Waals surface area contributed by atoms with Crippen LogP contribution in [0.3, 0.4) is 0 Å². The van der Waals surface area contributed by atoms with E-state index in [0.717, 1.165) is 12.8 Å².